The third kappa shape index (κ3) is 3.72. The molecule has 0 bridgehead atoms. The molecule has 1 aromatic rings. The quantitative estimate of drug-likeness (QED) is 0.479. The van der Waals surface area contributed by atoms with E-state index in [9.17, 15) is 30.0 Å². The van der Waals surface area contributed by atoms with Gasteiger partial charge in [0.25, 0.3) is 0 Å². The first-order valence-corrected chi connectivity index (χ1v) is 12.4. The normalized spacial score (nSPS) is 37.8. The minimum Gasteiger partial charge on any atom is -0.507 e. The molecule has 4 rings (SSSR count). The van der Waals surface area contributed by atoms with Gasteiger partial charge in [-0.25, -0.2) is 0 Å². The van der Waals surface area contributed by atoms with Crippen molar-refractivity contribution in [3.8, 4) is 17.2 Å². The molecule has 2 saturated carbocycles. The molecule has 2 fully saturated rings. The van der Waals surface area contributed by atoms with Crippen molar-refractivity contribution in [1.82, 2.24) is 0 Å². The molecule has 7 atom stereocenters. The minimum atomic E-state index is -0.881. The van der Waals surface area contributed by atoms with Gasteiger partial charge in [0.15, 0.2) is 12.6 Å². The van der Waals surface area contributed by atoms with E-state index in [4.69, 9.17) is 4.74 Å². The molecule has 188 valence electrons. The van der Waals surface area contributed by atoms with E-state index in [0.29, 0.717) is 37.4 Å². The number of ether oxygens (including phenoxy) is 1. The van der Waals surface area contributed by atoms with Crippen molar-refractivity contribution in [2.45, 2.75) is 96.4 Å². The molecule has 1 aromatic carbocycles. The Labute approximate surface area is 201 Å². The third-order valence-electron chi connectivity index (χ3n) is 9.41. The van der Waals surface area contributed by atoms with Crippen LogP contribution in [0.15, 0.2) is 0 Å². The zero-order valence-electron chi connectivity index (χ0n) is 20.8. The third-order valence-corrected chi connectivity index (χ3v) is 9.41. The van der Waals surface area contributed by atoms with Crippen LogP contribution in [0, 0.1) is 23.2 Å². The second-order valence-electron chi connectivity index (χ2n) is 12.0. The van der Waals surface area contributed by atoms with Crippen LogP contribution in [-0.4, -0.2) is 50.3 Å². The molecular weight excluding hydrogens is 436 g/mol. The summed E-state index contributed by atoms with van der Waals surface area (Å²) in [5, 5.41) is 43.7. The van der Waals surface area contributed by atoms with Gasteiger partial charge in [-0.3, -0.25) is 9.59 Å². The molecule has 7 heteroatoms. The lowest BCUT2D eigenvalue weighted by Gasteiger charge is -2.61. The molecule has 0 saturated heterocycles. The molecular formula is C27H38O7. The SMILES string of the molecule is CC1C[C@@H]([C@@H]2CC[C@@](C)(O)[C@@H]3C[C@H](C(C)(C)O)CC[C@]32C)c2c(O)c(C=O)c(O)c(C=O)c2O1. The minimum absolute atomic E-state index is 0.0548. The van der Waals surface area contributed by atoms with Crippen LogP contribution >= 0.6 is 0 Å². The highest BCUT2D eigenvalue weighted by molar-refractivity contribution is 5.95. The lowest BCUT2D eigenvalue weighted by Crippen LogP contribution is -2.58. The smallest absolute Gasteiger partial charge is 0.157 e. The van der Waals surface area contributed by atoms with E-state index in [1.165, 1.54) is 0 Å². The maximum atomic E-state index is 11.9. The maximum absolute atomic E-state index is 11.9. The maximum Gasteiger partial charge on any atom is 0.157 e. The number of hydrogen-bond acceptors (Lipinski definition) is 7. The summed E-state index contributed by atoms with van der Waals surface area (Å²) >= 11 is 0. The van der Waals surface area contributed by atoms with E-state index in [2.05, 4.69) is 6.92 Å². The van der Waals surface area contributed by atoms with Crippen molar-refractivity contribution in [3.63, 3.8) is 0 Å². The Morgan fingerprint density at radius 1 is 1.00 bits per heavy atom. The Kier molecular flexibility index (Phi) is 6.05. The number of rotatable bonds is 4. The highest BCUT2D eigenvalue weighted by atomic mass is 16.5. The van der Waals surface area contributed by atoms with Crippen molar-refractivity contribution >= 4 is 12.6 Å². The average Bonchev–Trinajstić information content (AvgIpc) is 2.72. The van der Waals surface area contributed by atoms with Crippen LogP contribution in [0.3, 0.4) is 0 Å². The summed E-state index contributed by atoms with van der Waals surface area (Å²) in [7, 11) is 0. The van der Waals surface area contributed by atoms with Crippen molar-refractivity contribution in [2.75, 3.05) is 0 Å². The second kappa shape index (κ2) is 8.23. The summed E-state index contributed by atoms with van der Waals surface area (Å²) in [6.07, 6.45) is 4.83. The van der Waals surface area contributed by atoms with Gasteiger partial charge < -0.3 is 25.2 Å². The first-order valence-electron chi connectivity index (χ1n) is 12.4. The van der Waals surface area contributed by atoms with Gasteiger partial charge in [0.2, 0.25) is 0 Å². The van der Waals surface area contributed by atoms with Gasteiger partial charge in [-0.1, -0.05) is 6.92 Å². The van der Waals surface area contributed by atoms with Crippen molar-refractivity contribution in [3.05, 3.63) is 16.7 Å². The monoisotopic (exact) mass is 474 g/mol. The molecule has 0 radical (unpaired) electrons. The fourth-order valence-corrected chi connectivity index (χ4v) is 7.54. The van der Waals surface area contributed by atoms with E-state index in [1.54, 1.807) is 0 Å². The molecule has 1 unspecified atom stereocenters. The lowest BCUT2D eigenvalue weighted by atomic mass is 9.46. The predicted octanol–water partition coefficient (Wildman–Crippen LogP) is 4.33. The van der Waals surface area contributed by atoms with E-state index >= 15 is 0 Å². The zero-order valence-corrected chi connectivity index (χ0v) is 20.8. The largest absolute Gasteiger partial charge is 0.507 e. The van der Waals surface area contributed by atoms with Crippen LogP contribution in [0.1, 0.15) is 105 Å². The van der Waals surface area contributed by atoms with Crippen LogP contribution in [-0.2, 0) is 0 Å². The Hall–Kier alpha value is -2.12. The first-order chi connectivity index (χ1) is 15.8. The van der Waals surface area contributed by atoms with Crippen LogP contribution < -0.4 is 4.74 Å². The Balaban J connectivity index is 1.85. The zero-order chi connectivity index (χ0) is 25.2. The van der Waals surface area contributed by atoms with Gasteiger partial charge in [0.1, 0.15) is 17.2 Å². The molecule has 3 aliphatic rings. The van der Waals surface area contributed by atoms with Gasteiger partial charge in [0, 0.05) is 5.56 Å². The first kappa shape index (κ1) is 25.0. The molecule has 1 aliphatic heterocycles. The van der Waals surface area contributed by atoms with Gasteiger partial charge in [-0.2, -0.15) is 0 Å². The van der Waals surface area contributed by atoms with Gasteiger partial charge in [-0.05, 0) is 95.3 Å². The molecule has 0 spiro atoms. The fraction of sp³-hybridized carbons (Fsp3) is 0.704. The number of carbonyl (C=O) groups is 2. The van der Waals surface area contributed by atoms with E-state index < -0.39 is 17.0 Å². The highest BCUT2D eigenvalue weighted by Gasteiger charge is 2.59. The number of hydrogen-bond donors (Lipinski definition) is 4. The number of phenolic OH excluding ortho intramolecular Hbond substituents is 2. The Morgan fingerprint density at radius 2 is 1.65 bits per heavy atom. The summed E-state index contributed by atoms with van der Waals surface area (Å²) in [6, 6.07) is 0. The topological polar surface area (TPSA) is 124 Å². The molecule has 4 N–H and O–H groups in total. The number of benzene rings is 1. The summed E-state index contributed by atoms with van der Waals surface area (Å²) in [5.41, 5.74) is -1.99. The molecule has 1 heterocycles. The average molecular weight is 475 g/mol. The number of aliphatic hydroxyl groups is 2. The Bertz CT molecular complexity index is 992. The predicted molar refractivity (Wildman–Crippen MR) is 127 cm³/mol. The standard InChI is InChI=1S/C27H38O7/c1-14-10-16(21-23(31)17(12-28)22(30)18(13-29)24(21)34-14)19-7-9-27(5,33)20-11-15(25(2,3)32)6-8-26(19,20)4/h12-16,19-20,30-33H,6-11H2,1-5H3/t14?,15-,16+,19+,20-,26+,27-/m1/s1. The Morgan fingerprint density at radius 3 is 2.24 bits per heavy atom. The van der Waals surface area contributed by atoms with Crippen LogP contribution in [0.5, 0.6) is 17.2 Å². The summed E-state index contributed by atoms with van der Waals surface area (Å²) in [5.74, 6) is -0.865. The number of aldehydes is 2. The van der Waals surface area contributed by atoms with Crippen LogP contribution in [0.25, 0.3) is 0 Å². The molecule has 34 heavy (non-hydrogen) atoms. The lowest BCUT2D eigenvalue weighted by molar-refractivity contribution is -0.172. The molecule has 7 nitrogen and oxygen atoms in total. The van der Waals surface area contributed by atoms with E-state index in [-0.39, 0.29) is 57.8 Å². The van der Waals surface area contributed by atoms with Crippen molar-refractivity contribution < 1.29 is 34.8 Å². The fourth-order valence-electron chi connectivity index (χ4n) is 7.54. The van der Waals surface area contributed by atoms with Crippen molar-refractivity contribution in [2.24, 2.45) is 23.2 Å². The molecule has 0 aromatic heterocycles. The second-order valence-corrected chi connectivity index (χ2v) is 12.0. The number of aromatic hydroxyl groups is 2. The summed E-state index contributed by atoms with van der Waals surface area (Å²) in [4.78, 5) is 23.6. The summed E-state index contributed by atoms with van der Waals surface area (Å²) < 4.78 is 5.96. The number of fused-ring (bicyclic) bond motifs is 2. The van der Waals surface area contributed by atoms with Crippen LogP contribution in [0.2, 0.25) is 0 Å². The highest BCUT2D eigenvalue weighted by Crippen LogP contribution is 2.64. The van der Waals surface area contributed by atoms with Gasteiger partial charge in [-0.15, -0.1) is 0 Å². The van der Waals surface area contributed by atoms with Crippen molar-refractivity contribution in [1.29, 1.82) is 0 Å². The van der Waals surface area contributed by atoms with E-state index in [1.807, 2.05) is 27.7 Å². The summed E-state index contributed by atoms with van der Waals surface area (Å²) in [6.45, 7) is 9.66. The van der Waals surface area contributed by atoms with Gasteiger partial charge in [0.05, 0.1) is 28.4 Å². The molecule has 0 amide bonds. The number of phenols is 2. The van der Waals surface area contributed by atoms with E-state index in [0.717, 1.165) is 19.3 Å². The van der Waals surface area contributed by atoms with Gasteiger partial charge >= 0.3 is 0 Å². The van der Waals surface area contributed by atoms with Crippen LogP contribution in [0.4, 0.5) is 0 Å². The number of carbonyl (C=O) groups excluding carboxylic acids is 2. The molecule has 2 aliphatic carbocycles.